The van der Waals surface area contributed by atoms with Gasteiger partial charge in [0.25, 0.3) is 5.91 Å². The molecule has 1 aromatic heterocycles. The zero-order valence-corrected chi connectivity index (χ0v) is 20.1. The average molecular weight is 468 g/mol. The molecular formula is C29H29N3O3. The smallest absolute Gasteiger partial charge is 0.260 e. The lowest BCUT2D eigenvalue weighted by atomic mass is 10.0. The van der Waals surface area contributed by atoms with Crippen molar-refractivity contribution in [2.24, 2.45) is 0 Å². The molecule has 0 saturated carbocycles. The molecule has 0 unspecified atom stereocenters. The minimum absolute atomic E-state index is 0.0254. The van der Waals surface area contributed by atoms with Gasteiger partial charge in [-0.3, -0.25) is 4.79 Å². The molecular weight excluding hydrogens is 438 g/mol. The van der Waals surface area contributed by atoms with E-state index in [4.69, 9.17) is 9.26 Å². The number of piperazine rings is 1. The van der Waals surface area contributed by atoms with E-state index in [9.17, 15) is 4.79 Å². The number of carbonyl (C=O) groups is 1. The minimum Gasteiger partial charge on any atom is -0.484 e. The van der Waals surface area contributed by atoms with E-state index < -0.39 is 0 Å². The maximum absolute atomic E-state index is 12.4. The van der Waals surface area contributed by atoms with Gasteiger partial charge >= 0.3 is 0 Å². The predicted octanol–water partition coefficient (Wildman–Crippen LogP) is 5.14. The number of aromatic nitrogens is 1. The van der Waals surface area contributed by atoms with Gasteiger partial charge in [0.1, 0.15) is 11.4 Å². The second-order valence-electron chi connectivity index (χ2n) is 8.93. The van der Waals surface area contributed by atoms with Gasteiger partial charge in [0, 0.05) is 42.9 Å². The highest BCUT2D eigenvalue weighted by molar-refractivity contribution is 5.78. The van der Waals surface area contributed by atoms with Crippen molar-refractivity contribution in [1.82, 2.24) is 15.0 Å². The topological polar surface area (TPSA) is 58.8 Å². The molecule has 1 aliphatic heterocycles. The molecule has 1 fully saturated rings. The van der Waals surface area contributed by atoms with Crippen molar-refractivity contribution >= 4 is 5.91 Å². The predicted molar refractivity (Wildman–Crippen MR) is 137 cm³/mol. The molecule has 2 heterocycles. The fourth-order valence-electron chi connectivity index (χ4n) is 4.32. The van der Waals surface area contributed by atoms with Gasteiger partial charge in [-0.25, -0.2) is 0 Å². The molecule has 4 aromatic rings. The Morgan fingerprint density at radius 1 is 0.829 bits per heavy atom. The van der Waals surface area contributed by atoms with Gasteiger partial charge in [-0.2, -0.15) is 0 Å². The van der Waals surface area contributed by atoms with Crippen molar-refractivity contribution in [2.45, 2.75) is 6.92 Å². The maximum atomic E-state index is 12.4. The van der Waals surface area contributed by atoms with Gasteiger partial charge < -0.3 is 19.1 Å². The molecule has 0 radical (unpaired) electrons. The molecule has 6 nitrogen and oxygen atoms in total. The molecule has 0 N–H and O–H groups in total. The fraction of sp³-hybridized carbons (Fsp3) is 0.241. The first-order valence-corrected chi connectivity index (χ1v) is 11.9. The minimum atomic E-state index is 0.0254. The second kappa shape index (κ2) is 10.2. The fourth-order valence-corrected chi connectivity index (χ4v) is 4.32. The molecule has 1 aliphatic rings. The van der Waals surface area contributed by atoms with Crippen LogP contribution in [0.15, 0.2) is 83.4 Å². The van der Waals surface area contributed by atoms with Gasteiger partial charge in [0.2, 0.25) is 0 Å². The van der Waals surface area contributed by atoms with Crippen molar-refractivity contribution < 1.29 is 14.1 Å². The lowest BCUT2D eigenvalue weighted by Crippen LogP contribution is -2.48. The van der Waals surface area contributed by atoms with Crippen LogP contribution in [0.5, 0.6) is 5.75 Å². The number of hydrogen-bond donors (Lipinski definition) is 0. The number of hydrogen-bond acceptors (Lipinski definition) is 5. The van der Waals surface area contributed by atoms with Crippen LogP contribution in [0.3, 0.4) is 0 Å². The molecule has 0 aliphatic carbocycles. The summed E-state index contributed by atoms with van der Waals surface area (Å²) in [6.45, 7) is 5.37. The van der Waals surface area contributed by atoms with E-state index in [-0.39, 0.29) is 12.5 Å². The van der Waals surface area contributed by atoms with Gasteiger partial charge in [0.15, 0.2) is 12.4 Å². The number of amides is 1. The third-order valence-electron chi connectivity index (χ3n) is 6.52. The number of nitrogens with zero attached hydrogens (tertiary/aromatic N) is 3. The van der Waals surface area contributed by atoms with Crippen molar-refractivity contribution in [2.75, 3.05) is 39.8 Å². The van der Waals surface area contributed by atoms with E-state index in [0.29, 0.717) is 5.75 Å². The highest BCUT2D eigenvalue weighted by Gasteiger charge is 2.19. The summed E-state index contributed by atoms with van der Waals surface area (Å²) >= 11 is 0. The Balaban J connectivity index is 1.24. The van der Waals surface area contributed by atoms with Crippen LogP contribution in [-0.2, 0) is 4.79 Å². The third kappa shape index (κ3) is 5.12. The average Bonchev–Trinajstić information content (AvgIpc) is 3.29. The quantitative estimate of drug-likeness (QED) is 0.393. The van der Waals surface area contributed by atoms with Gasteiger partial charge in [-0.15, -0.1) is 0 Å². The van der Waals surface area contributed by atoms with E-state index in [2.05, 4.69) is 53.5 Å². The Morgan fingerprint density at radius 3 is 2.11 bits per heavy atom. The summed E-state index contributed by atoms with van der Waals surface area (Å²) < 4.78 is 11.5. The Hall–Kier alpha value is -3.90. The van der Waals surface area contributed by atoms with Crippen molar-refractivity contribution in [3.05, 3.63) is 84.4 Å². The Morgan fingerprint density at radius 2 is 1.43 bits per heavy atom. The molecule has 5 rings (SSSR count). The molecule has 6 heteroatoms. The first-order valence-electron chi connectivity index (χ1n) is 11.9. The summed E-state index contributed by atoms with van der Waals surface area (Å²) in [5.41, 5.74) is 6.05. The second-order valence-corrected chi connectivity index (χ2v) is 8.93. The summed E-state index contributed by atoms with van der Waals surface area (Å²) in [5, 5.41) is 4.33. The van der Waals surface area contributed by atoms with Gasteiger partial charge in [-0.05, 0) is 49.4 Å². The van der Waals surface area contributed by atoms with Crippen molar-refractivity contribution in [3.63, 3.8) is 0 Å². The Labute approximate surface area is 205 Å². The standard InChI is InChI=1S/C29H29N3O3/c1-21-28(30-35-29(21)25-10-8-23(9-11-25)22-6-4-3-5-7-22)24-12-14-26(15-13-24)34-20-27(33)32-18-16-31(2)17-19-32/h3-15H,16-20H2,1-2H3. The van der Waals surface area contributed by atoms with Crippen LogP contribution >= 0.6 is 0 Å². The Bertz CT molecular complexity index is 1270. The van der Waals surface area contributed by atoms with Crippen LogP contribution in [0.4, 0.5) is 0 Å². The molecule has 0 spiro atoms. The van der Waals surface area contributed by atoms with Gasteiger partial charge in [-0.1, -0.05) is 59.8 Å². The van der Waals surface area contributed by atoms with Gasteiger partial charge in [0.05, 0.1) is 0 Å². The summed E-state index contributed by atoms with van der Waals surface area (Å²) in [4.78, 5) is 16.5. The summed E-state index contributed by atoms with van der Waals surface area (Å²) in [6.07, 6.45) is 0. The molecule has 0 atom stereocenters. The van der Waals surface area contributed by atoms with E-state index >= 15 is 0 Å². The third-order valence-corrected chi connectivity index (χ3v) is 6.52. The van der Waals surface area contributed by atoms with Crippen LogP contribution in [0, 0.1) is 6.92 Å². The number of benzene rings is 3. The first-order chi connectivity index (χ1) is 17.1. The monoisotopic (exact) mass is 467 g/mol. The Kier molecular flexibility index (Phi) is 6.64. The molecule has 35 heavy (non-hydrogen) atoms. The van der Waals surface area contributed by atoms with Crippen LogP contribution < -0.4 is 4.74 Å². The summed E-state index contributed by atoms with van der Waals surface area (Å²) in [5.74, 6) is 1.45. The van der Waals surface area contributed by atoms with E-state index in [0.717, 1.165) is 59.9 Å². The maximum Gasteiger partial charge on any atom is 0.260 e. The largest absolute Gasteiger partial charge is 0.484 e. The zero-order valence-electron chi connectivity index (χ0n) is 20.1. The summed E-state index contributed by atoms with van der Waals surface area (Å²) in [6, 6.07) is 26.3. The van der Waals surface area contributed by atoms with E-state index in [1.54, 1.807) is 0 Å². The normalized spacial score (nSPS) is 14.2. The zero-order chi connectivity index (χ0) is 24.2. The highest BCUT2D eigenvalue weighted by atomic mass is 16.5. The molecule has 1 amide bonds. The molecule has 178 valence electrons. The van der Waals surface area contributed by atoms with Crippen molar-refractivity contribution in [1.29, 1.82) is 0 Å². The van der Waals surface area contributed by atoms with E-state index in [1.165, 1.54) is 5.56 Å². The summed E-state index contributed by atoms with van der Waals surface area (Å²) in [7, 11) is 2.07. The van der Waals surface area contributed by atoms with Crippen molar-refractivity contribution in [3.8, 4) is 39.5 Å². The van der Waals surface area contributed by atoms with Crippen LogP contribution in [-0.4, -0.2) is 60.7 Å². The highest BCUT2D eigenvalue weighted by Crippen LogP contribution is 2.33. The van der Waals surface area contributed by atoms with Crippen LogP contribution in [0.1, 0.15) is 5.56 Å². The lowest BCUT2D eigenvalue weighted by Gasteiger charge is -2.32. The molecule has 1 saturated heterocycles. The number of ether oxygens (including phenoxy) is 1. The number of rotatable bonds is 6. The van der Waals surface area contributed by atoms with Crippen LogP contribution in [0.25, 0.3) is 33.7 Å². The SMILES string of the molecule is Cc1c(-c2ccc(OCC(=O)N3CCN(C)CC3)cc2)noc1-c1ccc(-c2ccccc2)cc1. The number of likely N-dealkylation sites (N-methyl/N-ethyl adjacent to an activating group) is 1. The van der Waals surface area contributed by atoms with E-state index in [1.807, 2.05) is 54.3 Å². The lowest BCUT2D eigenvalue weighted by molar-refractivity contribution is -0.134. The first kappa shape index (κ1) is 22.9. The molecule has 3 aromatic carbocycles. The molecule has 0 bridgehead atoms. The van der Waals surface area contributed by atoms with Crippen LogP contribution in [0.2, 0.25) is 0 Å². The number of carbonyl (C=O) groups excluding carboxylic acids is 1.